The zero-order chi connectivity index (χ0) is 20.3. The van der Waals surface area contributed by atoms with Crippen LogP contribution in [0.2, 0.25) is 0 Å². The van der Waals surface area contributed by atoms with Crippen LogP contribution in [-0.4, -0.2) is 27.7 Å². The molecule has 0 fully saturated rings. The van der Waals surface area contributed by atoms with Gasteiger partial charge in [0, 0.05) is 6.20 Å². The highest BCUT2D eigenvalue weighted by molar-refractivity contribution is 7.05. The lowest BCUT2D eigenvalue weighted by atomic mass is 9.96. The number of benzene rings is 2. The number of hydrogen-bond donors (Lipinski definition) is 2. The Morgan fingerprint density at radius 2 is 1.72 bits per heavy atom. The molecule has 3 aromatic rings. The first-order valence-electron chi connectivity index (χ1n) is 9.79. The van der Waals surface area contributed by atoms with Crippen LogP contribution in [0.25, 0.3) is 0 Å². The summed E-state index contributed by atoms with van der Waals surface area (Å²) in [4.78, 5) is 13.2. The van der Waals surface area contributed by atoms with Gasteiger partial charge in [-0.3, -0.25) is 0 Å². The topological polar surface area (TPSA) is 71.5 Å². The minimum atomic E-state index is -0.658. The summed E-state index contributed by atoms with van der Waals surface area (Å²) in [6.45, 7) is 0.179. The maximum absolute atomic E-state index is 12.3. The molecule has 2 atom stereocenters. The number of nitrogens with zero attached hydrogens (tertiary/aromatic N) is 1. The van der Waals surface area contributed by atoms with Crippen LogP contribution in [-0.2, 0) is 24.2 Å². The van der Waals surface area contributed by atoms with Crippen LogP contribution in [0.5, 0.6) is 0 Å². The summed E-state index contributed by atoms with van der Waals surface area (Å²) in [5, 5.41) is 13.6. The Morgan fingerprint density at radius 1 is 1.03 bits per heavy atom. The summed E-state index contributed by atoms with van der Waals surface area (Å²) in [7, 11) is 0. The van der Waals surface area contributed by atoms with Gasteiger partial charge in [-0.15, -0.1) is 0 Å². The molecule has 5 nitrogen and oxygen atoms in total. The Balaban J connectivity index is 1.54. The van der Waals surface area contributed by atoms with E-state index in [1.807, 2.05) is 54.6 Å². The van der Waals surface area contributed by atoms with Gasteiger partial charge in [0.25, 0.3) is 0 Å². The van der Waals surface area contributed by atoms with Crippen molar-refractivity contribution in [1.29, 1.82) is 0 Å². The molecule has 0 spiro atoms. The molecule has 0 aliphatic heterocycles. The van der Waals surface area contributed by atoms with E-state index < -0.39 is 18.2 Å². The number of aromatic nitrogens is 1. The van der Waals surface area contributed by atoms with Crippen molar-refractivity contribution in [1.82, 2.24) is 9.69 Å². The first kappa shape index (κ1) is 21.0. The second kappa shape index (κ2) is 11.3. The quantitative estimate of drug-likeness (QED) is 0.521. The lowest BCUT2D eigenvalue weighted by molar-refractivity contribution is 0.0956. The molecule has 0 aliphatic rings. The Kier molecular flexibility index (Phi) is 8.22. The third-order valence-electron chi connectivity index (χ3n) is 4.71. The third-order valence-corrected chi connectivity index (χ3v) is 5.43. The maximum Gasteiger partial charge on any atom is 0.407 e. The van der Waals surface area contributed by atoms with E-state index in [1.165, 1.54) is 17.1 Å². The zero-order valence-corrected chi connectivity index (χ0v) is 17.1. The van der Waals surface area contributed by atoms with E-state index in [1.54, 1.807) is 6.20 Å². The van der Waals surface area contributed by atoms with Gasteiger partial charge in [0.1, 0.15) is 6.61 Å². The van der Waals surface area contributed by atoms with Crippen molar-refractivity contribution in [3.8, 4) is 0 Å². The molecule has 0 radical (unpaired) electrons. The van der Waals surface area contributed by atoms with Crippen LogP contribution in [0.4, 0.5) is 4.79 Å². The number of amides is 1. The molecule has 2 unspecified atom stereocenters. The van der Waals surface area contributed by atoms with Gasteiger partial charge in [-0.2, -0.15) is 0 Å². The van der Waals surface area contributed by atoms with Gasteiger partial charge in [0.15, 0.2) is 0 Å². The average molecular weight is 411 g/mol. The van der Waals surface area contributed by atoms with Crippen LogP contribution in [0, 0.1) is 0 Å². The van der Waals surface area contributed by atoms with Crippen LogP contribution in [0.3, 0.4) is 0 Å². The van der Waals surface area contributed by atoms with Gasteiger partial charge in [0.05, 0.1) is 17.0 Å². The minimum Gasteiger partial charge on any atom is -0.444 e. The van der Waals surface area contributed by atoms with Gasteiger partial charge in [-0.05, 0) is 54.4 Å². The molecule has 1 amide bonds. The predicted molar refractivity (Wildman–Crippen MR) is 115 cm³/mol. The molecule has 6 heteroatoms. The van der Waals surface area contributed by atoms with Crippen molar-refractivity contribution in [3.05, 3.63) is 88.9 Å². The minimum absolute atomic E-state index is 0.179. The molecule has 29 heavy (non-hydrogen) atoms. The number of ether oxygens (including phenoxy) is 1. The second-order valence-electron chi connectivity index (χ2n) is 6.94. The molecule has 3 rings (SSSR count). The standard InChI is InChI=1S/C23H26N2O3S/c26-22(13-7-12-18-8-3-1-4-9-18)21(16-19-10-5-2-6-11-19)25-23(27)28-17-20-14-15-24-29-20/h1-6,8-11,14-15,21-22,26H,7,12-13,16-17H2,(H,25,27). The lowest BCUT2D eigenvalue weighted by Crippen LogP contribution is -2.45. The van der Waals surface area contributed by atoms with E-state index in [0.29, 0.717) is 12.8 Å². The third kappa shape index (κ3) is 7.33. The molecule has 1 heterocycles. The SMILES string of the molecule is O=C(NC(Cc1ccccc1)C(O)CCCc1ccccc1)OCc1ccns1. The van der Waals surface area contributed by atoms with Crippen molar-refractivity contribution in [2.24, 2.45) is 0 Å². The Morgan fingerprint density at radius 3 is 2.38 bits per heavy atom. The molecule has 0 aliphatic carbocycles. The largest absolute Gasteiger partial charge is 0.444 e. The summed E-state index contributed by atoms with van der Waals surface area (Å²) in [6, 6.07) is 21.5. The number of carbonyl (C=O) groups excluding carboxylic acids is 1. The molecule has 2 N–H and O–H groups in total. The van der Waals surface area contributed by atoms with Crippen molar-refractivity contribution in [3.63, 3.8) is 0 Å². The zero-order valence-electron chi connectivity index (χ0n) is 16.2. The number of alkyl carbamates (subject to hydrolysis) is 1. The summed E-state index contributed by atoms with van der Waals surface area (Å²) in [6.07, 6.45) is 3.37. The highest BCUT2D eigenvalue weighted by Crippen LogP contribution is 2.13. The van der Waals surface area contributed by atoms with Gasteiger partial charge in [-0.1, -0.05) is 60.7 Å². The maximum atomic E-state index is 12.3. The molecular weight excluding hydrogens is 384 g/mol. The van der Waals surface area contributed by atoms with E-state index in [4.69, 9.17) is 4.74 Å². The van der Waals surface area contributed by atoms with E-state index in [9.17, 15) is 9.90 Å². The Bertz CT molecular complexity index is 841. The monoisotopic (exact) mass is 410 g/mol. The Hall–Kier alpha value is -2.70. The number of aryl methyl sites for hydroxylation is 1. The van der Waals surface area contributed by atoms with E-state index in [0.717, 1.165) is 23.3 Å². The van der Waals surface area contributed by atoms with Crippen molar-refractivity contribution in [2.45, 2.75) is 44.4 Å². The predicted octanol–water partition coefficient (Wildman–Crippen LogP) is 4.36. The number of aliphatic hydroxyl groups is 1. The van der Waals surface area contributed by atoms with Crippen molar-refractivity contribution < 1.29 is 14.6 Å². The highest BCUT2D eigenvalue weighted by Gasteiger charge is 2.22. The first-order chi connectivity index (χ1) is 14.2. The van der Waals surface area contributed by atoms with Gasteiger partial charge >= 0.3 is 6.09 Å². The van der Waals surface area contributed by atoms with Gasteiger partial charge in [0.2, 0.25) is 0 Å². The first-order valence-corrected chi connectivity index (χ1v) is 10.6. The second-order valence-corrected chi connectivity index (χ2v) is 7.86. The smallest absolute Gasteiger partial charge is 0.407 e. The van der Waals surface area contributed by atoms with Crippen LogP contribution in [0.1, 0.15) is 28.8 Å². The number of hydrogen-bond acceptors (Lipinski definition) is 5. The number of carbonyl (C=O) groups is 1. The molecule has 0 saturated carbocycles. The van der Waals surface area contributed by atoms with Gasteiger partial charge < -0.3 is 15.2 Å². The molecule has 2 aromatic carbocycles. The number of nitrogens with one attached hydrogen (secondary N) is 1. The molecule has 1 aromatic heterocycles. The van der Waals surface area contributed by atoms with Crippen LogP contribution >= 0.6 is 11.5 Å². The van der Waals surface area contributed by atoms with E-state index >= 15 is 0 Å². The van der Waals surface area contributed by atoms with E-state index in [-0.39, 0.29) is 6.61 Å². The summed E-state index contributed by atoms with van der Waals surface area (Å²) in [5.41, 5.74) is 2.30. The normalized spacial score (nSPS) is 12.9. The molecule has 152 valence electrons. The summed E-state index contributed by atoms with van der Waals surface area (Å²) >= 11 is 1.30. The molecule has 0 bridgehead atoms. The van der Waals surface area contributed by atoms with E-state index in [2.05, 4.69) is 21.8 Å². The van der Waals surface area contributed by atoms with Crippen LogP contribution in [0.15, 0.2) is 72.9 Å². The fourth-order valence-corrected chi connectivity index (χ4v) is 3.65. The van der Waals surface area contributed by atoms with Crippen LogP contribution < -0.4 is 5.32 Å². The fraction of sp³-hybridized carbons (Fsp3) is 0.304. The fourth-order valence-electron chi connectivity index (χ4n) is 3.16. The molecule has 0 saturated heterocycles. The Labute approximate surface area is 175 Å². The number of aliphatic hydroxyl groups excluding tert-OH is 1. The van der Waals surface area contributed by atoms with Crippen molar-refractivity contribution >= 4 is 17.6 Å². The average Bonchev–Trinajstić information content (AvgIpc) is 3.27. The lowest BCUT2D eigenvalue weighted by Gasteiger charge is -2.24. The summed E-state index contributed by atoms with van der Waals surface area (Å²) in [5.74, 6) is 0. The van der Waals surface area contributed by atoms with Crippen molar-refractivity contribution in [2.75, 3.05) is 0 Å². The van der Waals surface area contributed by atoms with Gasteiger partial charge in [-0.25, -0.2) is 9.17 Å². The number of rotatable bonds is 10. The summed E-state index contributed by atoms with van der Waals surface area (Å²) < 4.78 is 9.28. The molecular formula is C23H26N2O3S. The highest BCUT2D eigenvalue weighted by atomic mass is 32.1.